The van der Waals surface area contributed by atoms with Gasteiger partial charge in [-0.15, -0.1) is 10.2 Å². The highest BCUT2D eigenvalue weighted by Crippen LogP contribution is 2.41. The van der Waals surface area contributed by atoms with E-state index < -0.39 is 5.60 Å². The van der Waals surface area contributed by atoms with Gasteiger partial charge in [0.1, 0.15) is 5.60 Å². The molecule has 5 rings (SSSR count). The van der Waals surface area contributed by atoms with Crippen LogP contribution in [0.4, 0.5) is 0 Å². The number of benzene rings is 1. The Morgan fingerprint density at radius 2 is 1.93 bits per heavy atom. The van der Waals surface area contributed by atoms with Crippen LogP contribution in [0, 0.1) is 6.92 Å². The zero-order chi connectivity index (χ0) is 19.1. The highest BCUT2D eigenvalue weighted by Gasteiger charge is 2.44. The topological polar surface area (TPSA) is 86.3 Å². The van der Waals surface area contributed by atoms with Gasteiger partial charge in [0.15, 0.2) is 0 Å². The van der Waals surface area contributed by atoms with Crippen LogP contribution in [0.3, 0.4) is 0 Å². The number of fused-ring (bicyclic) bond motifs is 2. The van der Waals surface area contributed by atoms with Gasteiger partial charge in [-0.05, 0) is 37.0 Å². The molecule has 2 aliphatic rings. The predicted octanol–water partition coefficient (Wildman–Crippen LogP) is 2.27. The summed E-state index contributed by atoms with van der Waals surface area (Å²) in [5.41, 5.74) is 2.83. The van der Waals surface area contributed by atoms with E-state index in [0.717, 1.165) is 17.8 Å². The van der Waals surface area contributed by atoms with Gasteiger partial charge in [0, 0.05) is 26.2 Å². The summed E-state index contributed by atoms with van der Waals surface area (Å²) >= 11 is 0. The first-order valence-corrected chi connectivity index (χ1v) is 9.52. The monoisotopic (exact) mass is 379 g/mol. The molecule has 144 valence electrons. The zero-order valence-electron chi connectivity index (χ0n) is 15.7. The molecular formula is C20H21N5O3. The van der Waals surface area contributed by atoms with Gasteiger partial charge in [0.25, 0.3) is 0 Å². The minimum atomic E-state index is -0.435. The standard InChI is InChI=1S/C20H21N5O3/c1-14-21-22-18(28-14)19(26)24-10-8-20(9-11-24)17-15(7-12-27-20)13-25(23-17)16-5-3-2-4-6-16/h2-6,13H,7-12H2,1H3. The molecule has 1 aromatic carbocycles. The Morgan fingerprint density at radius 3 is 2.64 bits per heavy atom. The Morgan fingerprint density at radius 1 is 1.14 bits per heavy atom. The van der Waals surface area contributed by atoms with Crippen molar-refractivity contribution in [2.75, 3.05) is 19.7 Å². The van der Waals surface area contributed by atoms with Crippen LogP contribution in [-0.2, 0) is 16.8 Å². The van der Waals surface area contributed by atoms with Crippen molar-refractivity contribution in [1.82, 2.24) is 24.9 Å². The van der Waals surface area contributed by atoms with Gasteiger partial charge < -0.3 is 14.1 Å². The smallest absolute Gasteiger partial charge is 0.311 e. The molecule has 1 saturated heterocycles. The van der Waals surface area contributed by atoms with E-state index in [-0.39, 0.29) is 11.8 Å². The fourth-order valence-corrected chi connectivity index (χ4v) is 4.08. The number of hydrogen-bond acceptors (Lipinski definition) is 6. The number of para-hydroxylation sites is 1. The average Bonchev–Trinajstić information content (AvgIpc) is 3.36. The summed E-state index contributed by atoms with van der Waals surface area (Å²) in [6.45, 7) is 3.48. The summed E-state index contributed by atoms with van der Waals surface area (Å²) in [6.07, 6.45) is 4.36. The van der Waals surface area contributed by atoms with Crippen molar-refractivity contribution in [3.05, 3.63) is 59.6 Å². The van der Waals surface area contributed by atoms with Crippen LogP contribution < -0.4 is 0 Å². The van der Waals surface area contributed by atoms with E-state index in [1.807, 2.05) is 35.0 Å². The largest absolute Gasteiger partial charge is 0.417 e. The van der Waals surface area contributed by atoms with Crippen LogP contribution in [-0.4, -0.2) is 50.5 Å². The highest BCUT2D eigenvalue weighted by molar-refractivity contribution is 5.89. The van der Waals surface area contributed by atoms with Gasteiger partial charge in [0.05, 0.1) is 18.0 Å². The van der Waals surface area contributed by atoms with Gasteiger partial charge in [-0.3, -0.25) is 4.79 Å². The second-order valence-corrected chi connectivity index (χ2v) is 7.29. The lowest BCUT2D eigenvalue weighted by Crippen LogP contribution is -2.48. The quantitative estimate of drug-likeness (QED) is 0.679. The number of rotatable bonds is 2. The molecule has 2 aliphatic heterocycles. The highest BCUT2D eigenvalue weighted by atomic mass is 16.5. The van der Waals surface area contributed by atoms with E-state index in [2.05, 4.69) is 16.4 Å². The number of likely N-dealkylation sites (tertiary alicyclic amines) is 1. The molecule has 0 unspecified atom stereocenters. The molecule has 8 nitrogen and oxygen atoms in total. The SMILES string of the molecule is Cc1nnc(C(=O)N2CCC3(CC2)OCCc2cn(-c4ccccc4)nc23)o1. The molecule has 2 aromatic heterocycles. The average molecular weight is 379 g/mol. The minimum absolute atomic E-state index is 0.0482. The van der Waals surface area contributed by atoms with Crippen LogP contribution in [0.1, 0.15) is 40.7 Å². The molecule has 8 heteroatoms. The van der Waals surface area contributed by atoms with Crippen molar-refractivity contribution >= 4 is 5.91 Å². The third-order valence-corrected chi connectivity index (χ3v) is 5.56. The molecule has 1 amide bonds. The predicted molar refractivity (Wildman–Crippen MR) is 99.1 cm³/mol. The number of aromatic nitrogens is 4. The Labute approximate surface area is 162 Å². The molecule has 1 fully saturated rings. The van der Waals surface area contributed by atoms with Gasteiger partial charge >= 0.3 is 11.8 Å². The maximum absolute atomic E-state index is 12.6. The first kappa shape index (κ1) is 17.1. The second-order valence-electron chi connectivity index (χ2n) is 7.29. The summed E-state index contributed by atoms with van der Waals surface area (Å²) in [6, 6.07) is 10.1. The molecule has 0 bridgehead atoms. The molecular weight excluding hydrogens is 358 g/mol. The van der Waals surface area contributed by atoms with Gasteiger partial charge in [-0.1, -0.05) is 18.2 Å². The number of nitrogens with zero attached hydrogens (tertiary/aromatic N) is 5. The van der Waals surface area contributed by atoms with Crippen LogP contribution in [0.15, 0.2) is 40.9 Å². The minimum Gasteiger partial charge on any atom is -0.417 e. The summed E-state index contributed by atoms with van der Waals surface area (Å²) in [5, 5.41) is 12.5. The molecule has 0 N–H and O–H groups in total. The van der Waals surface area contributed by atoms with E-state index >= 15 is 0 Å². The number of hydrogen-bond donors (Lipinski definition) is 0. The van der Waals surface area contributed by atoms with Crippen molar-refractivity contribution in [3.8, 4) is 5.69 Å². The Kier molecular flexibility index (Phi) is 4.01. The molecule has 1 spiro atoms. The van der Waals surface area contributed by atoms with Crippen LogP contribution in [0.25, 0.3) is 5.69 Å². The number of ether oxygens (including phenoxy) is 1. The van der Waals surface area contributed by atoms with E-state index in [1.54, 1.807) is 11.8 Å². The maximum atomic E-state index is 12.6. The Hall–Kier alpha value is -3.00. The molecule has 4 heterocycles. The lowest BCUT2D eigenvalue weighted by atomic mass is 9.84. The van der Waals surface area contributed by atoms with Gasteiger partial charge in [-0.25, -0.2) is 4.68 Å². The van der Waals surface area contributed by atoms with Crippen LogP contribution in [0.5, 0.6) is 0 Å². The van der Waals surface area contributed by atoms with Crippen molar-refractivity contribution in [2.45, 2.75) is 31.8 Å². The number of carbonyl (C=O) groups is 1. The van der Waals surface area contributed by atoms with E-state index in [0.29, 0.717) is 38.4 Å². The number of carbonyl (C=O) groups excluding carboxylic acids is 1. The lowest BCUT2D eigenvalue weighted by molar-refractivity contribution is -0.0965. The number of amides is 1. The first-order chi connectivity index (χ1) is 13.6. The third kappa shape index (κ3) is 2.80. The number of aryl methyl sites for hydroxylation is 1. The fraction of sp³-hybridized carbons (Fsp3) is 0.400. The summed E-state index contributed by atoms with van der Waals surface area (Å²) in [7, 11) is 0. The summed E-state index contributed by atoms with van der Waals surface area (Å²) in [5.74, 6) is 0.219. The third-order valence-electron chi connectivity index (χ3n) is 5.56. The Balaban J connectivity index is 1.38. The van der Waals surface area contributed by atoms with Crippen LogP contribution in [0.2, 0.25) is 0 Å². The fourth-order valence-electron chi connectivity index (χ4n) is 4.08. The summed E-state index contributed by atoms with van der Waals surface area (Å²) in [4.78, 5) is 14.3. The maximum Gasteiger partial charge on any atom is 0.311 e. The lowest BCUT2D eigenvalue weighted by Gasteiger charge is -2.42. The normalized spacial score (nSPS) is 18.2. The van der Waals surface area contributed by atoms with Gasteiger partial charge in [0.2, 0.25) is 5.89 Å². The molecule has 0 saturated carbocycles. The summed E-state index contributed by atoms with van der Waals surface area (Å²) < 4.78 is 13.5. The molecule has 0 aliphatic carbocycles. The molecule has 0 atom stereocenters. The second kappa shape index (κ2) is 6.56. The van der Waals surface area contributed by atoms with E-state index in [4.69, 9.17) is 14.3 Å². The first-order valence-electron chi connectivity index (χ1n) is 9.52. The van der Waals surface area contributed by atoms with Crippen molar-refractivity contribution < 1.29 is 13.9 Å². The van der Waals surface area contributed by atoms with Crippen molar-refractivity contribution in [2.24, 2.45) is 0 Å². The van der Waals surface area contributed by atoms with Crippen molar-refractivity contribution in [3.63, 3.8) is 0 Å². The van der Waals surface area contributed by atoms with Crippen molar-refractivity contribution in [1.29, 1.82) is 0 Å². The van der Waals surface area contributed by atoms with Crippen LogP contribution >= 0.6 is 0 Å². The number of piperidine rings is 1. The molecule has 28 heavy (non-hydrogen) atoms. The van der Waals surface area contributed by atoms with E-state index in [9.17, 15) is 4.79 Å². The molecule has 0 radical (unpaired) electrons. The molecule has 3 aromatic rings. The van der Waals surface area contributed by atoms with E-state index in [1.165, 1.54) is 5.56 Å². The Bertz CT molecular complexity index is 1000. The van der Waals surface area contributed by atoms with Gasteiger partial charge in [-0.2, -0.15) is 5.10 Å². The zero-order valence-corrected chi connectivity index (χ0v) is 15.7.